The van der Waals surface area contributed by atoms with Crippen molar-refractivity contribution in [3.05, 3.63) is 52.9 Å². The number of methoxy groups -OCH3 is 1. The smallest absolute Gasteiger partial charge is 0.229 e. The second kappa shape index (κ2) is 11.5. The summed E-state index contributed by atoms with van der Waals surface area (Å²) in [5.41, 5.74) is -1.44. The van der Waals surface area contributed by atoms with E-state index in [0.29, 0.717) is 5.56 Å². The summed E-state index contributed by atoms with van der Waals surface area (Å²) in [6.45, 7) is -1.60. The van der Waals surface area contributed by atoms with E-state index in [4.69, 9.17) is 28.1 Å². The Morgan fingerprint density at radius 3 is 2.51 bits per heavy atom. The number of ether oxygens (including phenoxy) is 5. The van der Waals surface area contributed by atoms with Crippen LogP contribution in [0, 0.1) is 0 Å². The van der Waals surface area contributed by atoms with Gasteiger partial charge in [0.05, 0.1) is 37.9 Å². The van der Waals surface area contributed by atoms with Crippen LogP contribution in [-0.2, 0) is 14.2 Å². The molecule has 0 bridgehead atoms. The normalized spacial score (nSPS) is 31.8. The van der Waals surface area contributed by atoms with Crippen LogP contribution in [0.1, 0.15) is 0 Å². The Balaban J connectivity index is 1.31. The van der Waals surface area contributed by atoms with Crippen LogP contribution >= 0.6 is 0 Å². The zero-order valence-corrected chi connectivity index (χ0v) is 21.7. The standard InChI is InChI=1S/C27H30O14/c1-36-18-6-12(2-5-16(18)29)15-8-37-17-7-13(3-4-14(17)20(15)30)40-25-23(33)22(32)21(31)19(41-25)9-38-26-24(34)27(35,10-28)11-39-26/h2-8,19,21-26,28-29,31-35H,9-11H2,1H3/t19-,21-,22+,23-,24+,25-,26-,27+/m1/s1. The third-order valence-electron chi connectivity index (χ3n) is 7.16. The van der Waals surface area contributed by atoms with Gasteiger partial charge in [0.2, 0.25) is 6.29 Å². The SMILES string of the molecule is COc1cc(-c2coc3cc(O[C@@H]4O[C@H](CO[C@@H]5OC[C@@](O)(CO)[C@H]5O)[C@@H](O)[C@H](O)[C@H]4O)ccc3c2=O)ccc1O. The predicted molar refractivity (Wildman–Crippen MR) is 137 cm³/mol. The molecule has 2 saturated heterocycles. The lowest BCUT2D eigenvalue weighted by Gasteiger charge is -2.40. The van der Waals surface area contributed by atoms with Crippen LogP contribution < -0.4 is 14.9 Å². The number of rotatable bonds is 8. The van der Waals surface area contributed by atoms with Crippen molar-refractivity contribution in [3.63, 3.8) is 0 Å². The summed E-state index contributed by atoms with van der Waals surface area (Å²) in [6, 6.07) is 8.69. The minimum atomic E-state index is -1.92. The van der Waals surface area contributed by atoms with E-state index in [2.05, 4.69) is 0 Å². The number of aromatic hydroxyl groups is 1. The van der Waals surface area contributed by atoms with Gasteiger partial charge in [-0.3, -0.25) is 4.79 Å². The van der Waals surface area contributed by atoms with Crippen LogP contribution in [-0.4, -0.2) is 111 Å². The Morgan fingerprint density at radius 1 is 1.02 bits per heavy atom. The Kier molecular flexibility index (Phi) is 8.20. The minimum absolute atomic E-state index is 0.0832. The Bertz CT molecular complexity index is 1440. The molecule has 2 fully saturated rings. The third-order valence-corrected chi connectivity index (χ3v) is 7.16. The van der Waals surface area contributed by atoms with E-state index in [-0.39, 0.29) is 45.8 Å². The average molecular weight is 579 g/mol. The molecule has 2 aliphatic heterocycles. The summed E-state index contributed by atoms with van der Waals surface area (Å²) < 4.78 is 32.6. The largest absolute Gasteiger partial charge is 0.504 e. The summed E-state index contributed by atoms with van der Waals surface area (Å²) in [4.78, 5) is 13.2. The molecular weight excluding hydrogens is 548 g/mol. The summed E-state index contributed by atoms with van der Waals surface area (Å²) in [5, 5.41) is 70.8. The quantitative estimate of drug-likeness (QED) is 0.167. The number of aliphatic hydroxyl groups excluding tert-OH is 5. The second-order valence-corrected chi connectivity index (χ2v) is 9.87. The van der Waals surface area contributed by atoms with Gasteiger partial charge in [0.25, 0.3) is 0 Å². The van der Waals surface area contributed by atoms with Crippen molar-refractivity contribution in [2.24, 2.45) is 0 Å². The van der Waals surface area contributed by atoms with Gasteiger partial charge in [-0.25, -0.2) is 0 Å². The molecule has 222 valence electrons. The molecule has 14 heteroatoms. The van der Waals surface area contributed by atoms with Crippen LogP contribution in [0.4, 0.5) is 0 Å². The van der Waals surface area contributed by atoms with Crippen LogP contribution in [0.2, 0.25) is 0 Å². The summed E-state index contributed by atoms with van der Waals surface area (Å²) in [6.07, 6.45) is -9.40. The number of phenols is 1. The lowest BCUT2D eigenvalue weighted by Crippen LogP contribution is -2.60. The van der Waals surface area contributed by atoms with Gasteiger partial charge in [-0.2, -0.15) is 0 Å². The number of phenolic OH excluding ortho intramolecular Hbond substituents is 1. The fraction of sp³-hybridized carbons (Fsp3) is 0.444. The van der Waals surface area contributed by atoms with Crippen molar-refractivity contribution in [3.8, 4) is 28.4 Å². The van der Waals surface area contributed by atoms with Crippen LogP contribution in [0.5, 0.6) is 17.2 Å². The maximum absolute atomic E-state index is 13.2. The Hall–Kier alpha value is -3.31. The van der Waals surface area contributed by atoms with E-state index < -0.39 is 61.9 Å². The van der Waals surface area contributed by atoms with Crippen LogP contribution in [0.3, 0.4) is 0 Å². The second-order valence-electron chi connectivity index (χ2n) is 9.87. The molecule has 5 rings (SSSR count). The summed E-state index contributed by atoms with van der Waals surface area (Å²) >= 11 is 0. The zero-order chi connectivity index (χ0) is 29.5. The topological polar surface area (TPSA) is 218 Å². The van der Waals surface area contributed by atoms with Gasteiger partial charge in [0.1, 0.15) is 53.7 Å². The number of aliphatic hydroxyl groups is 6. The van der Waals surface area contributed by atoms with Gasteiger partial charge in [-0.05, 0) is 29.8 Å². The molecule has 1 aromatic heterocycles. The molecule has 41 heavy (non-hydrogen) atoms. The Morgan fingerprint density at radius 2 is 1.80 bits per heavy atom. The highest BCUT2D eigenvalue weighted by Gasteiger charge is 2.50. The molecule has 8 atom stereocenters. The molecule has 14 nitrogen and oxygen atoms in total. The highest BCUT2D eigenvalue weighted by atomic mass is 16.7. The highest BCUT2D eigenvalue weighted by molar-refractivity contribution is 5.83. The van der Waals surface area contributed by atoms with Crippen LogP contribution in [0.15, 0.2) is 51.9 Å². The van der Waals surface area contributed by atoms with E-state index >= 15 is 0 Å². The van der Waals surface area contributed by atoms with Gasteiger partial charge >= 0.3 is 0 Å². The van der Waals surface area contributed by atoms with Crippen molar-refractivity contribution >= 4 is 11.0 Å². The van der Waals surface area contributed by atoms with Crippen molar-refractivity contribution < 1.29 is 63.8 Å². The molecule has 0 aliphatic carbocycles. The first kappa shape index (κ1) is 29.2. The monoisotopic (exact) mass is 578 g/mol. The van der Waals surface area contributed by atoms with E-state index in [1.807, 2.05) is 0 Å². The number of hydrogen-bond acceptors (Lipinski definition) is 14. The van der Waals surface area contributed by atoms with Crippen LogP contribution in [0.25, 0.3) is 22.1 Å². The molecule has 0 amide bonds. The van der Waals surface area contributed by atoms with Gasteiger partial charge in [-0.15, -0.1) is 0 Å². The lowest BCUT2D eigenvalue weighted by atomic mass is 9.99. The molecule has 2 aliphatic rings. The van der Waals surface area contributed by atoms with E-state index in [1.165, 1.54) is 43.7 Å². The fourth-order valence-electron chi connectivity index (χ4n) is 4.64. The number of benzene rings is 2. The summed E-state index contributed by atoms with van der Waals surface area (Å²) in [7, 11) is 1.39. The number of hydrogen-bond donors (Lipinski definition) is 7. The first-order chi connectivity index (χ1) is 19.6. The van der Waals surface area contributed by atoms with Gasteiger partial charge in [0, 0.05) is 6.07 Å². The molecule has 3 heterocycles. The molecular formula is C27H30O14. The van der Waals surface area contributed by atoms with Crippen molar-refractivity contribution in [2.75, 3.05) is 26.9 Å². The molecule has 0 spiro atoms. The van der Waals surface area contributed by atoms with E-state index in [1.54, 1.807) is 6.07 Å². The average Bonchev–Trinajstić information content (AvgIpc) is 3.26. The predicted octanol–water partition coefficient (Wildman–Crippen LogP) is -1.18. The Labute approximate surface area is 232 Å². The molecule has 0 unspecified atom stereocenters. The van der Waals surface area contributed by atoms with Crippen molar-refractivity contribution in [2.45, 2.75) is 48.7 Å². The summed E-state index contributed by atoms with van der Waals surface area (Å²) in [5.74, 6) is 0.209. The molecule has 0 radical (unpaired) electrons. The van der Waals surface area contributed by atoms with Crippen molar-refractivity contribution in [1.82, 2.24) is 0 Å². The van der Waals surface area contributed by atoms with Gasteiger partial charge in [-0.1, -0.05) is 6.07 Å². The van der Waals surface area contributed by atoms with E-state index in [0.717, 1.165) is 0 Å². The first-order valence-corrected chi connectivity index (χ1v) is 12.6. The molecule has 2 aromatic carbocycles. The maximum Gasteiger partial charge on any atom is 0.229 e. The third kappa shape index (κ3) is 5.49. The van der Waals surface area contributed by atoms with Crippen molar-refractivity contribution in [1.29, 1.82) is 0 Å². The maximum atomic E-state index is 13.2. The molecule has 3 aromatic rings. The van der Waals surface area contributed by atoms with Gasteiger partial charge in [0.15, 0.2) is 23.2 Å². The highest BCUT2D eigenvalue weighted by Crippen LogP contribution is 2.32. The first-order valence-electron chi connectivity index (χ1n) is 12.6. The lowest BCUT2D eigenvalue weighted by molar-refractivity contribution is -0.289. The fourth-order valence-corrected chi connectivity index (χ4v) is 4.64. The molecule has 7 N–H and O–H groups in total. The molecule has 0 saturated carbocycles. The zero-order valence-electron chi connectivity index (χ0n) is 21.7. The van der Waals surface area contributed by atoms with Gasteiger partial charge < -0.3 is 63.8 Å². The minimum Gasteiger partial charge on any atom is -0.504 e. The number of fused-ring (bicyclic) bond motifs is 1. The van der Waals surface area contributed by atoms with E-state index in [9.17, 15) is 40.5 Å².